The number of likely N-dealkylation sites (N-methyl/N-ethyl adjacent to an activating group) is 1. The highest BCUT2D eigenvalue weighted by molar-refractivity contribution is 5.82. The third-order valence-electron chi connectivity index (χ3n) is 3.38. The number of hydrogen-bond acceptors (Lipinski definition) is 3. The lowest BCUT2D eigenvalue weighted by Gasteiger charge is -2.34. The number of methoxy groups -OCH3 is 1. The SMILES string of the molecule is CO[C@@H](C(=O)N1CCN(C)CC1)c1ccccc1. The minimum atomic E-state index is -0.477. The maximum absolute atomic E-state index is 12.4. The molecule has 0 spiro atoms. The standard InChI is InChI=1S/C14H20N2O2/c1-15-8-10-16(11-9-15)14(17)13(18-2)12-6-4-3-5-7-12/h3-7,13H,8-11H2,1-2H3/t13-/m1/s1. The second-order valence-corrected chi connectivity index (χ2v) is 4.65. The summed E-state index contributed by atoms with van der Waals surface area (Å²) in [6.45, 7) is 3.41. The van der Waals surface area contributed by atoms with E-state index in [1.807, 2.05) is 35.2 Å². The van der Waals surface area contributed by atoms with Gasteiger partial charge >= 0.3 is 0 Å². The van der Waals surface area contributed by atoms with Crippen molar-refractivity contribution >= 4 is 5.91 Å². The van der Waals surface area contributed by atoms with Crippen molar-refractivity contribution in [2.45, 2.75) is 6.10 Å². The molecule has 98 valence electrons. The van der Waals surface area contributed by atoms with Gasteiger partial charge in [0.15, 0.2) is 6.10 Å². The normalized spacial score (nSPS) is 18.7. The van der Waals surface area contributed by atoms with Crippen molar-refractivity contribution in [1.29, 1.82) is 0 Å². The second-order valence-electron chi connectivity index (χ2n) is 4.65. The van der Waals surface area contributed by atoms with Crippen molar-refractivity contribution in [3.63, 3.8) is 0 Å². The molecule has 1 fully saturated rings. The fourth-order valence-electron chi connectivity index (χ4n) is 2.20. The van der Waals surface area contributed by atoms with E-state index >= 15 is 0 Å². The summed E-state index contributed by atoms with van der Waals surface area (Å²) in [5.74, 6) is 0.0665. The van der Waals surface area contributed by atoms with Crippen LogP contribution in [0.15, 0.2) is 30.3 Å². The number of carbonyl (C=O) groups excluding carboxylic acids is 1. The lowest BCUT2D eigenvalue weighted by Crippen LogP contribution is -2.48. The Hall–Kier alpha value is -1.39. The molecule has 1 aliphatic heterocycles. The Morgan fingerprint density at radius 3 is 2.33 bits per heavy atom. The van der Waals surface area contributed by atoms with Crippen LogP contribution in [0.1, 0.15) is 11.7 Å². The van der Waals surface area contributed by atoms with Crippen molar-refractivity contribution in [3.05, 3.63) is 35.9 Å². The second kappa shape index (κ2) is 5.98. The van der Waals surface area contributed by atoms with E-state index in [9.17, 15) is 4.79 Å². The average Bonchev–Trinajstić information content (AvgIpc) is 2.41. The van der Waals surface area contributed by atoms with Crippen LogP contribution in [0.3, 0.4) is 0 Å². The van der Waals surface area contributed by atoms with Gasteiger partial charge in [0.2, 0.25) is 0 Å². The molecule has 18 heavy (non-hydrogen) atoms. The van der Waals surface area contributed by atoms with Gasteiger partial charge in [-0.15, -0.1) is 0 Å². The van der Waals surface area contributed by atoms with Gasteiger partial charge in [0, 0.05) is 33.3 Å². The molecule has 0 aromatic heterocycles. The summed E-state index contributed by atoms with van der Waals surface area (Å²) in [5.41, 5.74) is 0.920. The lowest BCUT2D eigenvalue weighted by molar-refractivity contribution is -0.144. The number of hydrogen-bond donors (Lipinski definition) is 0. The van der Waals surface area contributed by atoms with E-state index in [2.05, 4.69) is 11.9 Å². The van der Waals surface area contributed by atoms with E-state index in [0.717, 1.165) is 31.7 Å². The highest BCUT2D eigenvalue weighted by Gasteiger charge is 2.27. The van der Waals surface area contributed by atoms with Crippen LogP contribution in [0, 0.1) is 0 Å². The maximum Gasteiger partial charge on any atom is 0.256 e. The molecule has 1 aromatic rings. The zero-order valence-electron chi connectivity index (χ0n) is 11.0. The first-order valence-corrected chi connectivity index (χ1v) is 6.27. The van der Waals surface area contributed by atoms with Crippen LogP contribution in [0.2, 0.25) is 0 Å². The summed E-state index contributed by atoms with van der Waals surface area (Å²) in [4.78, 5) is 16.5. The maximum atomic E-state index is 12.4. The van der Waals surface area contributed by atoms with Gasteiger partial charge in [0.25, 0.3) is 5.91 Å². The highest BCUT2D eigenvalue weighted by atomic mass is 16.5. The summed E-state index contributed by atoms with van der Waals surface area (Å²) in [5, 5.41) is 0. The summed E-state index contributed by atoms with van der Waals surface area (Å²) < 4.78 is 5.37. The van der Waals surface area contributed by atoms with E-state index in [4.69, 9.17) is 4.74 Å². The fraction of sp³-hybridized carbons (Fsp3) is 0.500. The molecule has 0 N–H and O–H groups in total. The van der Waals surface area contributed by atoms with Crippen LogP contribution in [0.25, 0.3) is 0 Å². The molecule has 1 saturated heterocycles. The fourth-order valence-corrected chi connectivity index (χ4v) is 2.20. The zero-order chi connectivity index (χ0) is 13.0. The Morgan fingerprint density at radius 1 is 1.17 bits per heavy atom. The third kappa shape index (κ3) is 2.89. The zero-order valence-corrected chi connectivity index (χ0v) is 11.0. The Kier molecular flexibility index (Phi) is 4.33. The number of piperazine rings is 1. The number of carbonyl (C=O) groups is 1. The third-order valence-corrected chi connectivity index (χ3v) is 3.38. The van der Waals surface area contributed by atoms with E-state index in [1.165, 1.54) is 0 Å². The number of amides is 1. The van der Waals surface area contributed by atoms with Crippen molar-refractivity contribution in [2.24, 2.45) is 0 Å². The molecule has 1 heterocycles. The average molecular weight is 248 g/mol. The Balaban J connectivity index is 2.06. The molecule has 1 aromatic carbocycles. The van der Waals surface area contributed by atoms with Gasteiger partial charge in [-0.2, -0.15) is 0 Å². The Labute approximate surface area is 108 Å². The minimum Gasteiger partial charge on any atom is -0.367 e. The van der Waals surface area contributed by atoms with E-state index < -0.39 is 6.10 Å². The predicted octanol–water partition coefficient (Wildman–Crippen LogP) is 1.15. The van der Waals surface area contributed by atoms with Crippen molar-refractivity contribution in [2.75, 3.05) is 40.3 Å². The van der Waals surface area contributed by atoms with Gasteiger partial charge < -0.3 is 14.5 Å². The first kappa shape index (κ1) is 13.1. The molecule has 4 nitrogen and oxygen atoms in total. The van der Waals surface area contributed by atoms with Crippen molar-refractivity contribution in [1.82, 2.24) is 9.80 Å². The lowest BCUT2D eigenvalue weighted by atomic mass is 10.1. The Bertz CT molecular complexity index is 386. The van der Waals surface area contributed by atoms with Crippen LogP contribution in [-0.4, -0.2) is 56.0 Å². The highest BCUT2D eigenvalue weighted by Crippen LogP contribution is 2.19. The van der Waals surface area contributed by atoms with Crippen LogP contribution < -0.4 is 0 Å². The number of rotatable bonds is 3. The molecule has 2 rings (SSSR count). The predicted molar refractivity (Wildman–Crippen MR) is 70.3 cm³/mol. The molecule has 0 unspecified atom stereocenters. The van der Waals surface area contributed by atoms with Crippen LogP contribution in [-0.2, 0) is 9.53 Å². The first-order valence-electron chi connectivity index (χ1n) is 6.27. The molecular formula is C14H20N2O2. The van der Waals surface area contributed by atoms with E-state index in [1.54, 1.807) is 7.11 Å². The first-order chi connectivity index (χ1) is 8.72. The van der Waals surface area contributed by atoms with Gasteiger partial charge in [-0.3, -0.25) is 4.79 Å². The molecule has 0 aliphatic carbocycles. The summed E-state index contributed by atoms with van der Waals surface area (Å²) in [6.07, 6.45) is -0.477. The van der Waals surface area contributed by atoms with Crippen LogP contribution >= 0.6 is 0 Å². The summed E-state index contributed by atoms with van der Waals surface area (Å²) >= 11 is 0. The number of ether oxygens (including phenoxy) is 1. The van der Waals surface area contributed by atoms with Crippen molar-refractivity contribution < 1.29 is 9.53 Å². The minimum absolute atomic E-state index is 0.0665. The topological polar surface area (TPSA) is 32.8 Å². The molecule has 0 bridgehead atoms. The van der Waals surface area contributed by atoms with E-state index in [-0.39, 0.29) is 5.91 Å². The van der Waals surface area contributed by atoms with Crippen LogP contribution in [0.5, 0.6) is 0 Å². The summed E-state index contributed by atoms with van der Waals surface area (Å²) in [7, 11) is 3.67. The molecule has 0 saturated carbocycles. The molecule has 1 amide bonds. The molecule has 0 radical (unpaired) electrons. The van der Waals surface area contributed by atoms with Gasteiger partial charge in [0.05, 0.1) is 0 Å². The largest absolute Gasteiger partial charge is 0.367 e. The van der Waals surface area contributed by atoms with Crippen LogP contribution in [0.4, 0.5) is 0 Å². The molecular weight excluding hydrogens is 228 g/mol. The monoisotopic (exact) mass is 248 g/mol. The smallest absolute Gasteiger partial charge is 0.256 e. The number of nitrogens with zero attached hydrogens (tertiary/aromatic N) is 2. The van der Waals surface area contributed by atoms with Gasteiger partial charge in [-0.25, -0.2) is 0 Å². The molecule has 1 atom stereocenters. The molecule has 1 aliphatic rings. The summed E-state index contributed by atoms with van der Waals surface area (Å²) in [6, 6.07) is 9.66. The Morgan fingerprint density at radius 2 is 1.78 bits per heavy atom. The van der Waals surface area contributed by atoms with E-state index in [0.29, 0.717) is 0 Å². The number of benzene rings is 1. The van der Waals surface area contributed by atoms with Gasteiger partial charge in [-0.05, 0) is 12.6 Å². The van der Waals surface area contributed by atoms with Crippen molar-refractivity contribution in [3.8, 4) is 0 Å². The quantitative estimate of drug-likeness (QED) is 0.804. The van der Waals surface area contributed by atoms with Gasteiger partial charge in [0.1, 0.15) is 0 Å². The van der Waals surface area contributed by atoms with Gasteiger partial charge in [-0.1, -0.05) is 30.3 Å². The molecule has 4 heteroatoms.